The van der Waals surface area contributed by atoms with Gasteiger partial charge in [-0.2, -0.15) is 0 Å². The van der Waals surface area contributed by atoms with Crippen LogP contribution in [0.1, 0.15) is 49.5 Å². The molecular weight excluding hydrogens is 412 g/mol. The lowest BCUT2D eigenvalue weighted by molar-refractivity contribution is 0.0988. The SMILES string of the molecule is CCCN(CCC)C[C@@H](O)Cn1cc(/C=C/C(=O)c2ccc(OCC)cc2)c2ccccc21. The summed E-state index contributed by atoms with van der Waals surface area (Å²) in [5.41, 5.74) is 2.65. The Hall–Kier alpha value is -2.89. The summed E-state index contributed by atoms with van der Waals surface area (Å²) in [4.78, 5) is 15.0. The average Bonchev–Trinajstić information content (AvgIpc) is 3.16. The Kier molecular flexibility index (Phi) is 9.28. The molecule has 1 N–H and O–H groups in total. The molecule has 0 aliphatic rings. The number of fused-ring (bicyclic) bond motifs is 1. The number of para-hydroxylation sites is 1. The van der Waals surface area contributed by atoms with Gasteiger partial charge < -0.3 is 19.3 Å². The molecular formula is C28H36N2O3. The van der Waals surface area contributed by atoms with Crippen molar-refractivity contribution >= 4 is 22.8 Å². The first-order valence-corrected chi connectivity index (χ1v) is 12.0. The number of carbonyl (C=O) groups is 1. The van der Waals surface area contributed by atoms with Crippen LogP contribution in [0.25, 0.3) is 17.0 Å². The lowest BCUT2D eigenvalue weighted by Crippen LogP contribution is -2.35. The third-order valence-corrected chi connectivity index (χ3v) is 5.64. The largest absolute Gasteiger partial charge is 0.494 e. The van der Waals surface area contributed by atoms with Gasteiger partial charge >= 0.3 is 0 Å². The zero-order valence-corrected chi connectivity index (χ0v) is 20.0. The van der Waals surface area contributed by atoms with Crippen LogP contribution in [-0.2, 0) is 6.54 Å². The molecule has 0 spiro atoms. The molecule has 0 radical (unpaired) electrons. The third-order valence-electron chi connectivity index (χ3n) is 5.64. The van der Waals surface area contributed by atoms with Gasteiger partial charge in [-0.1, -0.05) is 32.0 Å². The molecule has 0 aliphatic carbocycles. The fraction of sp³-hybridized carbons (Fsp3) is 0.393. The van der Waals surface area contributed by atoms with Crippen LogP contribution in [0.4, 0.5) is 0 Å². The second-order valence-electron chi connectivity index (χ2n) is 8.36. The van der Waals surface area contributed by atoms with Gasteiger partial charge in [0.05, 0.1) is 12.7 Å². The van der Waals surface area contributed by atoms with E-state index in [1.165, 1.54) is 0 Å². The number of ether oxygens (including phenoxy) is 1. The Bertz CT molecular complexity index is 1050. The molecule has 5 nitrogen and oxygen atoms in total. The van der Waals surface area contributed by atoms with E-state index in [2.05, 4.69) is 35.4 Å². The molecule has 1 aromatic heterocycles. The minimum atomic E-state index is -0.457. The number of allylic oxidation sites excluding steroid dienone is 1. The van der Waals surface area contributed by atoms with Crippen molar-refractivity contribution in [2.75, 3.05) is 26.2 Å². The quantitative estimate of drug-likeness (QED) is 0.280. The maximum absolute atomic E-state index is 12.7. The van der Waals surface area contributed by atoms with Gasteiger partial charge in [0.2, 0.25) is 0 Å². The molecule has 1 heterocycles. The highest BCUT2D eigenvalue weighted by molar-refractivity contribution is 6.07. The van der Waals surface area contributed by atoms with E-state index in [-0.39, 0.29) is 5.78 Å². The van der Waals surface area contributed by atoms with Crippen molar-refractivity contribution in [2.24, 2.45) is 0 Å². The first kappa shape index (κ1) is 24.7. The maximum Gasteiger partial charge on any atom is 0.185 e. The smallest absolute Gasteiger partial charge is 0.185 e. The summed E-state index contributed by atoms with van der Waals surface area (Å²) in [6.07, 6.45) is 7.21. The Morgan fingerprint density at radius 2 is 1.76 bits per heavy atom. The molecule has 0 saturated heterocycles. The number of hydrogen-bond donors (Lipinski definition) is 1. The topological polar surface area (TPSA) is 54.7 Å². The van der Waals surface area contributed by atoms with Crippen molar-refractivity contribution in [1.29, 1.82) is 0 Å². The summed E-state index contributed by atoms with van der Waals surface area (Å²) in [6, 6.07) is 15.3. The summed E-state index contributed by atoms with van der Waals surface area (Å²) in [7, 11) is 0. The van der Waals surface area contributed by atoms with E-state index in [0.717, 1.165) is 48.1 Å². The fourth-order valence-corrected chi connectivity index (χ4v) is 4.21. The van der Waals surface area contributed by atoms with E-state index >= 15 is 0 Å². The number of ketones is 1. The third kappa shape index (κ3) is 6.80. The van der Waals surface area contributed by atoms with Crippen LogP contribution < -0.4 is 4.74 Å². The summed E-state index contributed by atoms with van der Waals surface area (Å²) >= 11 is 0. The standard InChI is InChI=1S/C28H36N2O3/c1-4-17-29(18-5-2)20-24(31)21-30-19-23(26-9-7-8-10-27(26)30)13-16-28(32)22-11-14-25(15-12-22)33-6-3/h7-16,19,24,31H,4-6,17-18,20-21H2,1-3H3/b16-13+/t24-/m1/s1. The summed E-state index contributed by atoms with van der Waals surface area (Å²) in [5.74, 6) is 0.709. The van der Waals surface area contributed by atoms with E-state index in [0.29, 0.717) is 25.3 Å². The Morgan fingerprint density at radius 3 is 2.42 bits per heavy atom. The molecule has 33 heavy (non-hydrogen) atoms. The molecule has 3 aromatic rings. The van der Waals surface area contributed by atoms with E-state index in [4.69, 9.17) is 4.74 Å². The number of nitrogens with zero attached hydrogens (tertiary/aromatic N) is 2. The van der Waals surface area contributed by atoms with Gasteiger partial charge in [0, 0.05) is 41.3 Å². The van der Waals surface area contributed by atoms with Gasteiger partial charge in [-0.05, 0) is 75.3 Å². The van der Waals surface area contributed by atoms with Crippen LogP contribution in [0.3, 0.4) is 0 Å². The first-order chi connectivity index (χ1) is 16.0. The van der Waals surface area contributed by atoms with Crippen molar-refractivity contribution in [3.63, 3.8) is 0 Å². The molecule has 0 fully saturated rings. The van der Waals surface area contributed by atoms with Crippen molar-refractivity contribution in [2.45, 2.75) is 46.3 Å². The van der Waals surface area contributed by atoms with Crippen molar-refractivity contribution < 1.29 is 14.6 Å². The van der Waals surface area contributed by atoms with Gasteiger partial charge in [0.15, 0.2) is 5.78 Å². The van der Waals surface area contributed by atoms with Crippen molar-refractivity contribution in [3.8, 4) is 5.75 Å². The maximum atomic E-state index is 12.7. The average molecular weight is 449 g/mol. The highest BCUT2D eigenvalue weighted by atomic mass is 16.5. The van der Waals surface area contributed by atoms with E-state index in [1.54, 1.807) is 18.2 Å². The van der Waals surface area contributed by atoms with Gasteiger partial charge in [-0.3, -0.25) is 4.79 Å². The lowest BCUT2D eigenvalue weighted by Gasteiger charge is -2.24. The van der Waals surface area contributed by atoms with Crippen LogP contribution in [-0.4, -0.2) is 52.7 Å². The Labute approximate surface area is 197 Å². The van der Waals surface area contributed by atoms with Crippen LogP contribution >= 0.6 is 0 Å². The number of aliphatic hydroxyl groups is 1. The van der Waals surface area contributed by atoms with Crippen LogP contribution in [0, 0.1) is 0 Å². The van der Waals surface area contributed by atoms with E-state index in [9.17, 15) is 9.90 Å². The van der Waals surface area contributed by atoms with Crippen molar-refractivity contribution in [3.05, 3.63) is 71.9 Å². The van der Waals surface area contributed by atoms with Gasteiger partial charge in [-0.15, -0.1) is 0 Å². The number of benzene rings is 2. The Morgan fingerprint density at radius 1 is 1.06 bits per heavy atom. The molecule has 0 saturated carbocycles. The fourth-order valence-electron chi connectivity index (χ4n) is 4.21. The van der Waals surface area contributed by atoms with Crippen LogP contribution in [0.2, 0.25) is 0 Å². The molecule has 0 bridgehead atoms. The highest BCUT2D eigenvalue weighted by Gasteiger charge is 2.14. The zero-order valence-electron chi connectivity index (χ0n) is 20.0. The molecule has 176 valence electrons. The monoisotopic (exact) mass is 448 g/mol. The van der Waals surface area contributed by atoms with Crippen LogP contribution in [0.5, 0.6) is 5.75 Å². The van der Waals surface area contributed by atoms with Crippen molar-refractivity contribution in [1.82, 2.24) is 9.47 Å². The molecule has 0 aliphatic heterocycles. The normalized spacial score (nSPS) is 12.6. The number of rotatable bonds is 13. The zero-order chi connectivity index (χ0) is 23.6. The first-order valence-electron chi connectivity index (χ1n) is 12.0. The molecule has 5 heteroatoms. The highest BCUT2D eigenvalue weighted by Crippen LogP contribution is 2.23. The number of hydrogen-bond acceptors (Lipinski definition) is 4. The number of aliphatic hydroxyl groups excluding tert-OH is 1. The predicted molar refractivity (Wildman–Crippen MR) is 136 cm³/mol. The lowest BCUT2D eigenvalue weighted by atomic mass is 10.1. The summed E-state index contributed by atoms with van der Waals surface area (Å²) in [5, 5.41) is 11.8. The van der Waals surface area contributed by atoms with Gasteiger partial charge in [0.1, 0.15) is 5.75 Å². The Balaban J connectivity index is 1.75. The number of carbonyl (C=O) groups excluding carboxylic acids is 1. The van der Waals surface area contributed by atoms with Gasteiger partial charge in [0.25, 0.3) is 0 Å². The molecule has 0 unspecified atom stereocenters. The molecule has 0 amide bonds. The van der Waals surface area contributed by atoms with E-state index in [1.807, 2.05) is 43.5 Å². The predicted octanol–water partition coefficient (Wildman–Crippen LogP) is 5.42. The molecule has 3 rings (SSSR count). The minimum absolute atomic E-state index is 0.0512. The molecule has 1 atom stereocenters. The summed E-state index contributed by atoms with van der Waals surface area (Å²) in [6.45, 7) is 10.0. The van der Waals surface area contributed by atoms with E-state index < -0.39 is 6.10 Å². The van der Waals surface area contributed by atoms with Gasteiger partial charge in [-0.25, -0.2) is 0 Å². The van der Waals surface area contributed by atoms with Crippen LogP contribution in [0.15, 0.2) is 60.8 Å². The molecule has 2 aromatic carbocycles. The summed E-state index contributed by atoms with van der Waals surface area (Å²) < 4.78 is 7.54. The number of aromatic nitrogens is 1. The second-order valence-corrected chi connectivity index (χ2v) is 8.36. The minimum Gasteiger partial charge on any atom is -0.494 e. The second kappa shape index (κ2) is 12.4.